The van der Waals surface area contributed by atoms with Crippen LogP contribution in [-0.4, -0.2) is 76.8 Å². The van der Waals surface area contributed by atoms with E-state index >= 15 is 0 Å². The monoisotopic (exact) mass is 758 g/mol. The molecule has 2 rings (SSSR count). The topological polar surface area (TPSA) is 61.8 Å². The Balaban J connectivity index is 2.15. The van der Waals surface area contributed by atoms with Crippen LogP contribution in [-0.2, 0) is 25.5 Å². The number of ether oxygens (including phenoxy) is 3. The van der Waals surface area contributed by atoms with Crippen LogP contribution in [0.15, 0.2) is 73.8 Å². The van der Waals surface area contributed by atoms with Crippen molar-refractivity contribution in [2.45, 2.75) is 60.2 Å². The van der Waals surface area contributed by atoms with E-state index in [1.165, 1.54) is 12.2 Å². The SMILES string of the molecule is C=CC(=O)OC(COc1ccc(-c2ccc(CC(CS(CC)(SCC)SCC)OC(=O)C=C)cc2)cc1)CS(CC)(SCC)SCC. The fraction of sp³-hybridized carbons (Fsp3) is 0.500. The number of esters is 2. The van der Waals surface area contributed by atoms with Crippen molar-refractivity contribution in [3.8, 4) is 16.9 Å². The Morgan fingerprint density at radius 2 is 1.06 bits per heavy atom. The Morgan fingerprint density at radius 1 is 0.660 bits per heavy atom. The highest BCUT2D eigenvalue weighted by atomic mass is 33.6. The van der Waals surface area contributed by atoms with E-state index in [1.807, 2.05) is 67.4 Å². The van der Waals surface area contributed by atoms with Crippen LogP contribution in [0.4, 0.5) is 0 Å². The van der Waals surface area contributed by atoms with Gasteiger partial charge in [-0.15, -0.1) is 59.4 Å². The molecule has 47 heavy (non-hydrogen) atoms. The minimum atomic E-state index is -1.06. The summed E-state index contributed by atoms with van der Waals surface area (Å²) in [6.45, 7) is 20.8. The van der Waals surface area contributed by atoms with Gasteiger partial charge in [-0.25, -0.2) is 9.59 Å². The largest absolute Gasteiger partial charge is 0.490 e. The molecule has 0 saturated carbocycles. The lowest BCUT2D eigenvalue weighted by Crippen LogP contribution is -2.30. The lowest BCUT2D eigenvalue weighted by atomic mass is 10.0. The van der Waals surface area contributed by atoms with Crippen molar-refractivity contribution < 1.29 is 23.8 Å². The molecule has 2 atom stereocenters. The Labute approximate surface area is 302 Å². The Morgan fingerprint density at radius 3 is 1.47 bits per heavy atom. The third kappa shape index (κ3) is 14.3. The molecule has 264 valence electrons. The van der Waals surface area contributed by atoms with Crippen LogP contribution >= 0.6 is 59.4 Å². The molecule has 0 saturated heterocycles. The third-order valence-electron chi connectivity index (χ3n) is 7.03. The normalized spacial score (nSPS) is 13.7. The Kier molecular flexibility index (Phi) is 20.0. The average Bonchev–Trinajstić information content (AvgIpc) is 3.08. The number of hydrogen-bond acceptors (Lipinski definition) is 9. The van der Waals surface area contributed by atoms with Crippen molar-refractivity contribution in [2.24, 2.45) is 0 Å². The van der Waals surface area contributed by atoms with E-state index < -0.39 is 22.2 Å². The van der Waals surface area contributed by atoms with Crippen molar-refractivity contribution in [2.75, 3.05) is 52.6 Å². The summed E-state index contributed by atoms with van der Waals surface area (Å²) in [5, 5.41) is 0. The summed E-state index contributed by atoms with van der Waals surface area (Å²) < 4.78 is 17.8. The maximum atomic E-state index is 12.3. The summed E-state index contributed by atoms with van der Waals surface area (Å²) in [6, 6.07) is 16.5. The van der Waals surface area contributed by atoms with E-state index in [-0.39, 0.29) is 18.2 Å². The van der Waals surface area contributed by atoms with E-state index in [2.05, 4.69) is 79.0 Å². The number of rotatable bonds is 24. The molecule has 2 unspecified atom stereocenters. The van der Waals surface area contributed by atoms with Crippen LogP contribution in [0.3, 0.4) is 0 Å². The zero-order chi connectivity index (χ0) is 34.7. The zero-order valence-electron chi connectivity index (χ0n) is 28.9. The fourth-order valence-electron chi connectivity index (χ4n) is 4.96. The minimum absolute atomic E-state index is 0.198. The number of hydrogen-bond donors (Lipinski definition) is 0. The van der Waals surface area contributed by atoms with Gasteiger partial charge in [-0.1, -0.05) is 91.1 Å². The lowest BCUT2D eigenvalue weighted by Gasteiger charge is -2.39. The van der Waals surface area contributed by atoms with Crippen molar-refractivity contribution in [3.63, 3.8) is 0 Å². The van der Waals surface area contributed by atoms with Gasteiger partial charge in [-0.3, -0.25) is 0 Å². The van der Waals surface area contributed by atoms with Gasteiger partial charge < -0.3 is 14.2 Å². The summed E-state index contributed by atoms with van der Waals surface area (Å²) in [5.41, 5.74) is 3.31. The van der Waals surface area contributed by atoms with Gasteiger partial charge >= 0.3 is 11.9 Å². The molecule has 0 aliphatic rings. The molecule has 0 spiro atoms. The maximum absolute atomic E-state index is 12.3. The van der Waals surface area contributed by atoms with Crippen molar-refractivity contribution >= 4 is 71.3 Å². The highest BCUT2D eigenvalue weighted by Crippen LogP contribution is 2.70. The molecular formula is C36H54O5S6. The van der Waals surface area contributed by atoms with Gasteiger partial charge in [0.25, 0.3) is 0 Å². The van der Waals surface area contributed by atoms with Gasteiger partial charge in [0, 0.05) is 53.1 Å². The second-order valence-electron chi connectivity index (χ2n) is 10.3. The molecule has 0 amide bonds. The number of benzene rings is 2. The third-order valence-corrected chi connectivity index (χ3v) is 29.1. The lowest BCUT2D eigenvalue weighted by molar-refractivity contribution is -0.143. The summed E-state index contributed by atoms with van der Waals surface area (Å²) in [7, 11) is 5.97. The van der Waals surface area contributed by atoms with Crippen LogP contribution in [0.25, 0.3) is 11.1 Å². The molecule has 2 aromatic rings. The summed E-state index contributed by atoms with van der Waals surface area (Å²) >= 11 is 0. The molecule has 0 fully saturated rings. The molecule has 11 heteroatoms. The van der Waals surface area contributed by atoms with Crippen molar-refractivity contribution in [1.29, 1.82) is 0 Å². The highest BCUT2D eigenvalue weighted by Gasteiger charge is 2.30. The summed E-state index contributed by atoms with van der Waals surface area (Å²) in [4.78, 5) is 24.4. The molecular weight excluding hydrogens is 705 g/mol. The van der Waals surface area contributed by atoms with Crippen molar-refractivity contribution in [1.82, 2.24) is 0 Å². The number of carbonyl (C=O) groups excluding carboxylic acids is 2. The second kappa shape index (κ2) is 22.5. The predicted octanol–water partition coefficient (Wildman–Crippen LogP) is 10.8. The van der Waals surface area contributed by atoms with Crippen LogP contribution in [0, 0.1) is 0 Å². The van der Waals surface area contributed by atoms with Crippen LogP contribution in [0.5, 0.6) is 5.75 Å². The van der Waals surface area contributed by atoms with Crippen molar-refractivity contribution in [3.05, 3.63) is 79.4 Å². The van der Waals surface area contributed by atoms with Gasteiger partial charge in [-0.05, 0) is 40.3 Å². The molecule has 5 nitrogen and oxygen atoms in total. The van der Waals surface area contributed by atoms with E-state index in [9.17, 15) is 9.59 Å². The summed E-state index contributed by atoms with van der Waals surface area (Å²) in [6.07, 6.45) is 2.61. The van der Waals surface area contributed by atoms with Gasteiger partial charge in [-0.2, -0.15) is 0 Å². The standard InChI is InChI=1S/C36H54O5S6/c1-9-35(37)40-33(27-46(15-7,42-11-3)43-12-4)25-29-17-19-30(20-18-29)31-21-23-32(24-22-31)39-26-34(41-36(38)10-2)28-47(16-8,44-13-5)45-14-6/h9-10,17-24,33-34H,1-2,11-16,25-28H2,3-8H3. The fourth-order valence-corrected chi connectivity index (χ4v) is 25.0. The molecule has 0 aliphatic heterocycles. The second-order valence-corrected chi connectivity index (χ2v) is 30.1. The zero-order valence-corrected chi connectivity index (χ0v) is 33.8. The smallest absolute Gasteiger partial charge is 0.330 e. The van der Waals surface area contributed by atoms with Crippen LogP contribution < -0.4 is 4.74 Å². The molecule has 0 aromatic heterocycles. The maximum Gasteiger partial charge on any atom is 0.330 e. The van der Waals surface area contributed by atoms with Gasteiger partial charge in [0.2, 0.25) is 0 Å². The van der Waals surface area contributed by atoms with E-state index in [4.69, 9.17) is 14.2 Å². The van der Waals surface area contributed by atoms with E-state index in [0.717, 1.165) is 68.5 Å². The van der Waals surface area contributed by atoms with E-state index in [1.54, 1.807) is 0 Å². The highest BCUT2D eigenvalue weighted by molar-refractivity contribution is 9.25. The molecule has 2 aromatic carbocycles. The first kappa shape index (κ1) is 41.9. The molecule has 0 radical (unpaired) electrons. The minimum Gasteiger partial charge on any atom is -0.490 e. The first-order valence-corrected chi connectivity index (χ1v) is 26.2. The quantitative estimate of drug-likeness (QED) is 0.0591. The van der Waals surface area contributed by atoms with Gasteiger partial charge in [0.15, 0.2) is 0 Å². The first-order chi connectivity index (χ1) is 22.6. The molecule has 0 N–H and O–H groups in total. The summed E-state index contributed by atoms with van der Waals surface area (Å²) in [5.74, 6) is 7.91. The van der Waals surface area contributed by atoms with Crippen LogP contribution in [0.1, 0.15) is 47.1 Å². The molecule has 0 bridgehead atoms. The predicted molar refractivity (Wildman–Crippen MR) is 220 cm³/mol. The van der Waals surface area contributed by atoms with Gasteiger partial charge in [0.05, 0.1) is 0 Å². The number of carbonyl (C=O) groups is 2. The Bertz CT molecular complexity index is 1230. The van der Waals surface area contributed by atoms with E-state index in [0.29, 0.717) is 13.0 Å². The molecule has 0 heterocycles. The average molecular weight is 759 g/mol. The molecule has 0 aliphatic carbocycles. The first-order valence-electron chi connectivity index (χ1n) is 16.3. The Hall–Kier alpha value is -1.24. The van der Waals surface area contributed by atoms with Crippen LogP contribution in [0.2, 0.25) is 0 Å². The van der Waals surface area contributed by atoms with Gasteiger partial charge in [0.1, 0.15) is 24.6 Å².